The first-order valence-corrected chi connectivity index (χ1v) is 11.7. The fraction of sp³-hybridized carbons (Fsp3) is 0.783. The standard InChI is InChI=1S/C23H36O10/c1-2-3-6-9-13-14(16(25)12-15(13)24)10-7-4-5-8-11-17(26)32-23-20(29)18(27)19(28)21(33-23)22(30)31/h6,9,13-15,18-21,23-24,27-29H,2-5,7-8,10-12H2,1H3,(H,30,31)/t13?,14?,15?,18-,19-,20+,21-,23?/m0/s1. The number of allylic oxidation sites excluding steroid dienone is 1. The van der Waals surface area contributed by atoms with Crippen LogP contribution in [-0.4, -0.2) is 80.1 Å². The molecule has 10 nitrogen and oxygen atoms in total. The highest BCUT2D eigenvalue weighted by Crippen LogP contribution is 2.34. The monoisotopic (exact) mass is 472 g/mol. The molecule has 33 heavy (non-hydrogen) atoms. The van der Waals surface area contributed by atoms with Crippen LogP contribution in [-0.2, 0) is 23.9 Å². The topological polar surface area (TPSA) is 171 Å². The van der Waals surface area contributed by atoms with Gasteiger partial charge in [0, 0.05) is 24.7 Å². The van der Waals surface area contributed by atoms with Crippen LogP contribution in [0.1, 0.15) is 64.7 Å². The number of aliphatic hydroxyl groups is 4. The Balaban J connectivity index is 1.69. The molecule has 188 valence electrons. The third-order valence-electron chi connectivity index (χ3n) is 6.25. The van der Waals surface area contributed by atoms with Crippen LogP contribution in [0.5, 0.6) is 0 Å². The minimum Gasteiger partial charge on any atom is -0.479 e. The molecular formula is C23H36O10. The van der Waals surface area contributed by atoms with E-state index in [1.54, 1.807) is 0 Å². The minimum atomic E-state index is -1.85. The van der Waals surface area contributed by atoms with Crippen molar-refractivity contribution in [3.05, 3.63) is 12.2 Å². The largest absolute Gasteiger partial charge is 0.479 e. The summed E-state index contributed by atoms with van der Waals surface area (Å²) < 4.78 is 9.87. The lowest BCUT2D eigenvalue weighted by molar-refractivity contribution is -0.286. The van der Waals surface area contributed by atoms with Crippen LogP contribution in [0.4, 0.5) is 0 Å². The third-order valence-corrected chi connectivity index (χ3v) is 6.25. The van der Waals surface area contributed by atoms with E-state index in [1.165, 1.54) is 0 Å². The molecule has 5 N–H and O–H groups in total. The maximum atomic E-state index is 12.2. The van der Waals surface area contributed by atoms with Gasteiger partial charge in [-0.25, -0.2) is 4.79 Å². The van der Waals surface area contributed by atoms with E-state index in [0.29, 0.717) is 19.3 Å². The molecule has 0 radical (unpaired) electrons. The molecule has 1 saturated heterocycles. The van der Waals surface area contributed by atoms with Gasteiger partial charge in [-0.3, -0.25) is 9.59 Å². The number of Topliss-reactive ketones (excluding diaryl/α,β-unsaturated/α-hetero) is 1. The van der Waals surface area contributed by atoms with Crippen molar-refractivity contribution in [2.24, 2.45) is 11.8 Å². The number of aliphatic hydroxyl groups excluding tert-OH is 4. The van der Waals surface area contributed by atoms with Crippen molar-refractivity contribution in [2.45, 2.75) is 102 Å². The predicted molar refractivity (Wildman–Crippen MR) is 115 cm³/mol. The summed E-state index contributed by atoms with van der Waals surface area (Å²) in [6, 6.07) is 0. The number of hydrogen-bond acceptors (Lipinski definition) is 9. The Morgan fingerprint density at radius 3 is 2.42 bits per heavy atom. The number of carboxylic acid groups (broad SMARTS) is 1. The van der Waals surface area contributed by atoms with E-state index in [4.69, 9.17) is 14.6 Å². The first-order valence-electron chi connectivity index (χ1n) is 11.7. The molecule has 4 unspecified atom stereocenters. The highest BCUT2D eigenvalue weighted by molar-refractivity contribution is 5.84. The summed E-state index contributed by atoms with van der Waals surface area (Å²) in [4.78, 5) is 35.3. The van der Waals surface area contributed by atoms with Crippen molar-refractivity contribution in [3.8, 4) is 0 Å². The number of aliphatic carboxylic acids is 1. The Morgan fingerprint density at radius 1 is 1.06 bits per heavy atom. The van der Waals surface area contributed by atoms with Crippen molar-refractivity contribution < 1.29 is 49.4 Å². The Kier molecular flexibility index (Phi) is 10.9. The second-order valence-corrected chi connectivity index (χ2v) is 8.82. The molecule has 1 aliphatic heterocycles. The van der Waals surface area contributed by atoms with Crippen LogP contribution in [0, 0.1) is 11.8 Å². The summed E-state index contributed by atoms with van der Waals surface area (Å²) in [6.07, 6.45) is -0.0199. The Bertz CT molecular complexity index is 693. The molecule has 0 amide bonds. The molecule has 8 atom stereocenters. The first-order chi connectivity index (χ1) is 15.7. The molecule has 0 aromatic carbocycles. The molecule has 0 aromatic rings. The van der Waals surface area contributed by atoms with Crippen LogP contribution in [0.25, 0.3) is 0 Å². The van der Waals surface area contributed by atoms with E-state index in [0.717, 1.165) is 25.7 Å². The van der Waals surface area contributed by atoms with Crippen LogP contribution in [0.3, 0.4) is 0 Å². The van der Waals surface area contributed by atoms with Gasteiger partial charge in [0.05, 0.1) is 6.10 Å². The summed E-state index contributed by atoms with van der Waals surface area (Å²) >= 11 is 0. The first kappa shape index (κ1) is 27.4. The number of hydrogen-bond donors (Lipinski definition) is 5. The zero-order chi connectivity index (χ0) is 24.5. The molecule has 2 rings (SSSR count). The molecule has 1 heterocycles. The molecular weight excluding hydrogens is 436 g/mol. The Morgan fingerprint density at radius 2 is 1.76 bits per heavy atom. The second-order valence-electron chi connectivity index (χ2n) is 8.82. The fourth-order valence-corrected chi connectivity index (χ4v) is 4.34. The van der Waals surface area contributed by atoms with Gasteiger partial charge in [0.2, 0.25) is 6.29 Å². The van der Waals surface area contributed by atoms with Crippen LogP contribution in [0.15, 0.2) is 12.2 Å². The number of rotatable bonds is 12. The van der Waals surface area contributed by atoms with Crippen molar-refractivity contribution in [1.82, 2.24) is 0 Å². The normalized spacial score (nSPS) is 34.6. The lowest BCUT2D eigenvalue weighted by atomic mass is 9.88. The van der Waals surface area contributed by atoms with Gasteiger partial charge in [0.25, 0.3) is 0 Å². The number of unbranched alkanes of at least 4 members (excludes halogenated alkanes) is 4. The third kappa shape index (κ3) is 7.58. The molecule has 2 aliphatic rings. The molecule has 1 saturated carbocycles. The van der Waals surface area contributed by atoms with E-state index in [9.17, 15) is 34.8 Å². The Hall–Kier alpha value is -1.85. The zero-order valence-corrected chi connectivity index (χ0v) is 18.9. The number of esters is 1. The van der Waals surface area contributed by atoms with Gasteiger partial charge in [-0.2, -0.15) is 0 Å². The molecule has 0 aromatic heterocycles. The van der Waals surface area contributed by atoms with Gasteiger partial charge in [-0.05, 0) is 19.3 Å². The smallest absolute Gasteiger partial charge is 0.335 e. The van der Waals surface area contributed by atoms with Crippen LogP contribution >= 0.6 is 0 Å². The van der Waals surface area contributed by atoms with E-state index in [-0.39, 0.29) is 30.5 Å². The van der Waals surface area contributed by atoms with E-state index in [2.05, 4.69) is 6.92 Å². The van der Waals surface area contributed by atoms with Crippen molar-refractivity contribution >= 4 is 17.7 Å². The van der Waals surface area contributed by atoms with Gasteiger partial charge in [0.15, 0.2) is 6.10 Å². The van der Waals surface area contributed by atoms with Gasteiger partial charge in [-0.1, -0.05) is 44.8 Å². The Labute approximate surface area is 193 Å². The number of ether oxygens (including phenoxy) is 2. The summed E-state index contributed by atoms with van der Waals surface area (Å²) in [7, 11) is 0. The minimum absolute atomic E-state index is 0.00637. The SMILES string of the molecule is CCCC=CC1C(O)CC(=O)C1CCCCCCC(=O)OC1O[C@H](C(=O)O)[C@@H](O)[C@H](O)[C@H]1O. The predicted octanol–water partition coefficient (Wildman–Crippen LogP) is 0.685. The van der Waals surface area contributed by atoms with E-state index < -0.39 is 48.7 Å². The van der Waals surface area contributed by atoms with E-state index in [1.807, 2.05) is 12.2 Å². The number of ketones is 1. The lowest BCUT2D eigenvalue weighted by Gasteiger charge is -2.37. The summed E-state index contributed by atoms with van der Waals surface area (Å²) in [6.45, 7) is 2.07. The van der Waals surface area contributed by atoms with Gasteiger partial charge in [-0.15, -0.1) is 0 Å². The molecule has 1 aliphatic carbocycles. The van der Waals surface area contributed by atoms with Crippen molar-refractivity contribution in [3.63, 3.8) is 0 Å². The van der Waals surface area contributed by atoms with Crippen molar-refractivity contribution in [2.75, 3.05) is 0 Å². The van der Waals surface area contributed by atoms with Crippen LogP contribution in [0.2, 0.25) is 0 Å². The summed E-state index contributed by atoms with van der Waals surface area (Å²) in [5, 5.41) is 48.4. The van der Waals surface area contributed by atoms with E-state index >= 15 is 0 Å². The number of carbonyl (C=O) groups excluding carboxylic acids is 2. The van der Waals surface area contributed by atoms with Gasteiger partial charge < -0.3 is 35.0 Å². The number of carboxylic acids is 1. The fourth-order valence-electron chi connectivity index (χ4n) is 4.34. The average molecular weight is 473 g/mol. The molecule has 0 spiro atoms. The second kappa shape index (κ2) is 13.1. The molecule has 2 fully saturated rings. The summed E-state index contributed by atoms with van der Waals surface area (Å²) in [5.41, 5.74) is 0. The molecule has 10 heteroatoms. The highest BCUT2D eigenvalue weighted by Gasteiger charge is 2.48. The zero-order valence-electron chi connectivity index (χ0n) is 18.9. The maximum absolute atomic E-state index is 12.2. The lowest BCUT2D eigenvalue weighted by Crippen LogP contribution is -2.60. The highest BCUT2D eigenvalue weighted by atomic mass is 16.7. The van der Waals surface area contributed by atoms with Crippen molar-refractivity contribution in [1.29, 1.82) is 0 Å². The maximum Gasteiger partial charge on any atom is 0.335 e. The molecule has 0 bridgehead atoms. The van der Waals surface area contributed by atoms with Gasteiger partial charge >= 0.3 is 11.9 Å². The summed E-state index contributed by atoms with van der Waals surface area (Å²) in [5.74, 6) is -2.49. The van der Waals surface area contributed by atoms with Crippen LogP contribution < -0.4 is 0 Å². The van der Waals surface area contributed by atoms with Gasteiger partial charge in [0.1, 0.15) is 24.1 Å². The number of carbonyl (C=O) groups is 3. The average Bonchev–Trinajstić information content (AvgIpc) is 3.03. The quantitative estimate of drug-likeness (QED) is 0.155.